The zero-order valence-electron chi connectivity index (χ0n) is 14.5. The van der Waals surface area contributed by atoms with Gasteiger partial charge in [-0.1, -0.05) is 12.1 Å². The van der Waals surface area contributed by atoms with Crippen LogP contribution in [-0.4, -0.2) is 43.0 Å². The minimum Gasteiger partial charge on any atom is -0.381 e. The van der Waals surface area contributed by atoms with Crippen LogP contribution < -0.4 is 11.1 Å². The van der Waals surface area contributed by atoms with Crippen molar-refractivity contribution in [2.75, 3.05) is 31.6 Å². The van der Waals surface area contributed by atoms with Gasteiger partial charge in [-0.2, -0.15) is 0 Å². The van der Waals surface area contributed by atoms with Crippen LogP contribution in [0.2, 0.25) is 0 Å². The van der Waals surface area contributed by atoms with Crippen molar-refractivity contribution in [2.45, 2.75) is 33.2 Å². The lowest BCUT2D eigenvalue weighted by atomic mass is 9.79. The first-order valence-electron chi connectivity index (χ1n) is 8.44. The van der Waals surface area contributed by atoms with Crippen LogP contribution in [0, 0.1) is 5.41 Å². The van der Waals surface area contributed by atoms with Crippen LogP contribution in [-0.2, 0) is 20.9 Å². The van der Waals surface area contributed by atoms with Gasteiger partial charge in [-0.25, -0.2) is 0 Å². The lowest BCUT2D eigenvalue weighted by Gasteiger charge is -2.34. The first kappa shape index (κ1) is 18.4. The van der Waals surface area contributed by atoms with Crippen LogP contribution in [0.15, 0.2) is 24.3 Å². The summed E-state index contributed by atoms with van der Waals surface area (Å²) in [5.41, 5.74) is 7.04. The Kier molecular flexibility index (Phi) is 6.34. The number of carbonyl (C=O) groups excluding carboxylic acids is 2. The van der Waals surface area contributed by atoms with E-state index >= 15 is 0 Å². The van der Waals surface area contributed by atoms with Crippen LogP contribution in [0.5, 0.6) is 0 Å². The summed E-state index contributed by atoms with van der Waals surface area (Å²) in [5.74, 6) is -0.0133. The SMILES string of the molecule is CCN(Cc1cccc(NC(=O)C2(CN)CCOCC2)c1)C(C)=O. The van der Waals surface area contributed by atoms with Gasteiger partial charge < -0.3 is 20.7 Å². The third-order valence-electron chi connectivity index (χ3n) is 4.71. The van der Waals surface area contributed by atoms with Crippen LogP contribution in [0.3, 0.4) is 0 Å². The van der Waals surface area contributed by atoms with Crippen molar-refractivity contribution < 1.29 is 14.3 Å². The molecule has 1 aromatic rings. The van der Waals surface area contributed by atoms with E-state index in [2.05, 4.69) is 5.32 Å². The predicted molar refractivity (Wildman–Crippen MR) is 93.4 cm³/mol. The average molecular weight is 333 g/mol. The number of rotatable bonds is 6. The number of ether oxygens (including phenoxy) is 1. The predicted octanol–water partition coefficient (Wildman–Crippen LogP) is 1.75. The fourth-order valence-electron chi connectivity index (χ4n) is 2.96. The maximum atomic E-state index is 12.7. The highest BCUT2D eigenvalue weighted by molar-refractivity contribution is 5.95. The molecule has 1 aliphatic heterocycles. The number of benzene rings is 1. The summed E-state index contributed by atoms with van der Waals surface area (Å²) in [4.78, 5) is 26.0. The van der Waals surface area contributed by atoms with Gasteiger partial charge in [0.25, 0.3) is 0 Å². The zero-order chi connectivity index (χ0) is 17.6. The molecule has 2 amide bonds. The van der Waals surface area contributed by atoms with Crippen LogP contribution >= 0.6 is 0 Å². The van der Waals surface area contributed by atoms with E-state index in [0.717, 1.165) is 11.3 Å². The number of anilines is 1. The molecule has 0 spiro atoms. The molecule has 0 aliphatic carbocycles. The fourth-order valence-corrected chi connectivity index (χ4v) is 2.96. The molecular weight excluding hydrogens is 306 g/mol. The van der Waals surface area contributed by atoms with Crippen molar-refractivity contribution in [3.05, 3.63) is 29.8 Å². The highest BCUT2D eigenvalue weighted by Crippen LogP contribution is 2.31. The lowest BCUT2D eigenvalue weighted by molar-refractivity contribution is -0.130. The summed E-state index contributed by atoms with van der Waals surface area (Å²) in [6, 6.07) is 7.61. The third-order valence-corrected chi connectivity index (χ3v) is 4.71. The highest BCUT2D eigenvalue weighted by Gasteiger charge is 2.38. The molecule has 0 saturated carbocycles. The zero-order valence-corrected chi connectivity index (χ0v) is 14.5. The van der Waals surface area contributed by atoms with Crippen LogP contribution in [0.4, 0.5) is 5.69 Å². The Morgan fingerprint density at radius 1 is 1.33 bits per heavy atom. The first-order chi connectivity index (χ1) is 11.5. The second-order valence-electron chi connectivity index (χ2n) is 6.28. The Balaban J connectivity index is 2.08. The van der Waals surface area contributed by atoms with Crippen LogP contribution in [0.1, 0.15) is 32.3 Å². The minimum atomic E-state index is -0.552. The van der Waals surface area contributed by atoms with Crippen molar-refractivity contribution in [1.29, 1.82) is 0 Å². The number of amides is 2. The largest absolute Gasteiger partial charge is 0.381 e. The monoisotopic (exact) mass is 333 g/mol. The van der Waals surface area contributed by atoms with Gasteiger partial charge in [0.15, 0.2) is 0 Å². The van der Waals surface area contributed by atoms with Gasteiger partial charge in [0.05, 0.1) is 5.41 Å². The van der Waals surface area contributed by atoms with Crippen molar-refractivity contribution in [3.8, 4) is 0 Å². The third kappa shape index (κ3) is 4.33. The standard InChI is InChI=1S/C18H27N3O3/c1-3-21(14(2)22)12-15-5-4-6-16(11-15)20-17(23)18(13-19)7-9-24-10-8-18/h4-6,11H,3,7-10,12-13,19H2,1-2H3,(H,20,23). The van der Waals surface area contributed by atoms with E-state index in [0.29, 0.717) is 45.7 Å². The summed E-state index contributed by atoms with van der Waals surface area (Å²) in [6.07, 6.45) is 1.28. The van der Waals surface area contributed by atoms with Gasteiger partial charge in [-0.3, -0.25) is 9.59 Å². The van der Waals surface area contributed by atoms with Crippen molar-refractivity contribution in [3.63, 3.8) is 0 Å². The fraction of sp³-hybridized carbons (Fsp3) is 0.556. The molecule has 1 heterocycles. The van der Waals surface area contributed by atoms with Gasteiger partial charge in [-0.15, -0.1) is 0 Å². The van der Waals surface area contributed by atoms with E-state index in [4.69, 9.17) is 10.5 Å². The first-order valence-corrected chi connectivity index (χ1v) is 8.44. The summed E-state index contributed by atoms with van der Waals surface area (Å²) in [5, 5.41) is 2.99. The molecule has 0 radical (unpaired) electrons. The lowest BCUT2D eigenvalue weighted by Crippen LogP contribution is -2.46. The molecule has 1 aromatic carbocycles. The number of hydrogen-bond donors (Lipinski definition) is 2. The number of nitrogens with two attached hydrogens (primary N) is 1. The Bertz CT molecular complexity index is 583. The van der Waals surface area contributed by atoms with Gasteiger partial charge in [0.2, 0.25) is 11.8 Å². The molecule has 1 saturated heterocycles. The average Bonchev–Trinajstić information content (AvgIpc) is 2.60. The maximum absolute atomic E-state index is 12.7. The Labute approximate surface area is 143 Å². The van der Waals surface area contributed by atoms with E-state index in [1.807, 2.05) is 31.2 Å². The molecule has 6 nitrogen and oxygen atoms in total. The van der Waals surface area contributed by atoms with Gasteiger partial charge in [-0.05, 0) is 37.5 Å². The molecule has 0 atom stereocenters. The molecule has 0 bridgehead atoms. The van der Waals surface area contributed by atoms with Gasteiger partial charge in [0.1, 0.15) is 0 Å². The molecule has 0 aromatic heterocycles. The Morgan fingerprint density at radius 2 is 2.04 bits per heavy atom. The van der Waals surface area contributed by atoms with Crippen molar-refractivity contribution >= 4 is 17.5 Å². The van der Waals surface area contributed by atoms with Gasteiger partial charge >= 0.3 is 0 Å². The summed E-state index contributed by atoms with van der Waals surface area (Å²) in [6.45, 7) is 6.14. The van der Waals surface area contributed by atoms with E-state index < -0.39 is 5.41 Å². The van der Waals surface area contributed by atoms with Gasteiger partial charge in [0, 0.05) is 45.5 Å². The second kappa shape index (κ2) is 8.26. The quantitative estimate of drug-likeness (QED) is 0.830. The molecule has 2 rings (SSSR count). The summed E-state index contributed by atoms with van der Waals surface area (Å²) < 4.78 is 5.35. The minimum absolute atomic E-state index is 0.0382. The number of carbonyl (C=O) groups is 2. The summed E-state index contributed by atoms with van der Waals surface area (Å²) >= 11 is 0. The van der Waals surface area contributed by atoms with E-state index in [9.17, 15) is 9.59 Å². The van der Waals surface area contributed by atoms with Crippen LogP contribution in [0.25, 0.3) is 0 Å². The number of nitrogens with zero attached hydrogens (tertiary/aromatic N) is 1. The van der Waals surface area contributed by atoms with E-state index in [-0.39, 0.29) is 11.8 Å². The Hall–Kier alpha value is -1.92. The smallest absolute Gasteiger partial charge is 0.232 e. The normalized spacial score (nSPS) is 16.5. The topological polar surface area (TPSA) is 84.7 Å². The summed E-state index contributed by atoms with van der Waals surface area (Å²) in [7, 11) is 0. The molecule has 132 valence electrons. The molecule has 6 heteroatoms. The number of nitrogens with one attached hydrogen (secondary N) is 1. The molecular formula is C18H27N3O3. The molecule has 1 fully saturated rings. The molecule has 0 unspecified atom stereocenters. The van der Waals surface area contributed by atoms with E-state index in [1.165, 1.54) is 0 Å². The molecule has 24 heavy (non-hydrogen) atoms. The highest BCUT2D eigenvalue weighted by atomic mass is 16.5. The maximum Gasteiger partial charge on any atom is 0.232 e. The van der Waals surface area contributed by atoms with E-state index in [1.54, 1.807) is 11.8 Å². The second-order valence-corrected chi connectivity index (χ2v) is 6.28. The molecule has 1 aliphatic rings. The molecule has 3 N–H and O–H groups in total. The Morgan fingerprint density at radius 3 is 2.62 bits per heavy atom. The van der Waals surface area contributed by atoms with Crippen molar-refractivity contribution in [2.24, 2.45) is 11.1 Å². The number of hydrogen-bond acceptors (Lipinski definition) is 4. The van der Waals surface area contributed by atoms with Crippen molar-refractivity contribution in [1.82, 2.24) is 4.90 Å².